The van der Waals surface area contributed by atoms with Crippen molar-refractivity contribution in [2.75, 3.05) is 19.8 Å². The highest BCUT2D eigenvalue weighted by Gasteiger charge is 2.15. The molecule has 0 saturated carbocycles. The molecule has 0 aromatic heterocycles. The van der Waals surface area contributed by atoms with Gasteiger partial charge in [-0.15, -0.1) is 0 Å². The summed E-state index contributed by atoms with van der Waals surface area (Å²) in [4.78, 5) is 10.9. The predicted molar refractivity (Wildman–Crippen MR) is 81.9 cm³/mol. The standard InChI is InChI=1S/C16H25NO4/c1-4-21-15-8-11(2)13(7-12(15)3)9-14(10-16(19)20)17-5-6-18/h7-8,14,17-18H,4-6,9-10H2,1-3H3,(H,19,20). The molecule has 1 rings (SSSR count). The number of benzene rings is 1. The Balaban J connectivity index is 2.87. The summed E-state index contributed by atoms with van der Waals surface area (Å²) in [6.45, 7) is 6.95. The maximum absolute atomic E-state index is 10.9. The van der Waals surface area contributed by atoms with Gasteiger partial charge in [-0.1, -0.05) is 6.07 Å². The summed E-state index contributed by atoms with van der Waals surface area (Å²) in [5.74, 6) is 0.0302. The number of rotatable bonds is 9. The van der Waals surface area contributed by atoms with E-state index in [1.54, 1.807) is 0 Å². The average molecular weight is 295 g/mol. The van der Waals surface area contributed by atoms with Crippen LogP contribution >= 0.6 is 0 Å². The minimum Gasteiger partial charge on any atom is -0.494 e. The van der Waals surface area contributed by atoms with Gasteiger partial charge in [-0.25, -0.2) is 0 Å². The largest absolute Gasteiger partial charge is 0.494 e. The van der Waals surface area contributed by atoms with E-state index >= 15 is 0 Å². The number of nitrogens with one attached hydrogen (secondary N) is 1. The van der Waals surface area contributed by atoms with Crippen LogP contribution in [0.15, 0.2) is 12.1 Å². The van der Waals surface area contributed by atoms with Gasteiger partial charge in [0.05, 0.1) is 19.6 Å². The molecule has 0 heterocycles. The maximum Gasteiger partial charge on any atom is 0.304 e. The van der Waals surface area contributed by atoms with Crippen LogP contribution in [-0.4, -0.2) is 42.0 Å². The van der Waals surface area contributed by atoms with Crippen LogP contribution in [0.2, 0.25) is 0 Å². The van der Waals surface area contributed by atoms with Crippen LogP contribution < -0.4 is 10.1 Å². The number of carbonyl (C=O) groups is 1. The van der Waals surface area contributed by atoms with Gasteiger partial charge in [-0.05, 0) is 49.9 Å². The van der Waals surface area contributed by atoms with Crippen molar-refractivity contribution in [3.63, 3.8) is 0 Å². The Hall–Kier alpha value is -1.59. The number of aliphatic carboxylic acids is 1. The minimum atomic E-state index is -0.842. The number of ether oxygens (including phenoxy) is 1. The van der Waals surface area contributed by atoms with Crippen molar-refractivity contribution in [3.05, 3.63) is 28.8 Å². The Morgan fingerprint density at radius 2 is 2.05 bits per heavy atom. The highest BCUT2D eigenvalue weighted by molar-refractivity contribution is 5.67. The first-order valence-corrected chi connectivity index (χ1v) is 7.26. The van der Waals surface area contributed by atoms with E-state index < -0.39 is 5.97 Å². The monoisotopic (exact) mass is 295 g/mol. The molecular formula is C16H25NO4. The second kappa shape index (κ2) is 8.64. The lowest BCUT2D eigenvalue weighted by Gasteiger charge is -2.19. The molecule has 0 fully saturated rings. The maximum atomic E-state index is 10.9. The third kappa shape index (κ3) is 5.73. The fourth-order valence-corrected chi connectivity index (χ4v) is 2.34. The highest BCUT2D eigenvalue weighted by Crippen LogP contribution is 2.24. The summed E-state index contributed by atoms with van der Waals surface area (Å²) in [6, 6.07) is 3.86. The number of hydrogen-bond acceptors (Lipinski definition) is 4. The lowest BCUT2D eigenvalue weighted by atomic mass is 9.96. The van der Waals surface area contributed by atoms with Crippen LogP contribution in [0.1, 0.15) is 30.0 Å². The summed E-state index contributed by atoms with van der Waals surface area (Å²) < 4.78 is 5.56. The topological polar surface area (TPSA) is 78.8 Å². The molecule has 0 spiro atoms. The van der Waals surface area contributed by atoms with E-state index in [1.807, 2.05) is 26.8 Å². The van der Waals surface area contributed by atoms with Crippen molar-refractivity contribution >= 4 is 5.97 Å². The van der Waals surface area contributed by atoms with E-state index in [0.29, 0.717) is 19.6 Å². The van der Waals surface area contributed by atoms with Gasteiger partial charge >= 0.3 is 5.97 Å². The highest BCUT2D eigenvalue weighted by atomic mass is 16.5. The van der Waals surface area contributed by atoms with E-state index in [2.05, 4.69) is 11.4 Å². The molecule has 0 saturated heterocycles. The molecule has 0 aliphatic heterocycles. The van der Waals surface area contributed by atoms with Crippen LogP contribution in [0, 0.1) is 13.8 Å². The van der Waals surface area contributed by atoms with Gasteiger partial charge in [0.2, 0.25) is 0 Å². The molecule has 3 N–H and O–H groups in total. The number of hydrogen-bond donors (Lipinski definition) is 3. The number of carboxylic acid groups (broad SMARTS) is 1. The Labute approximate surface area is 125 Å². The van der Waals surface area contributed by atoms with Crippen LogP contribution in [0.5, 0.6) is 5.75 Å². The third-order valence-electron chi connectivity index (χ3n) is 3.37. The first-order chi connectivity index (χ1) is 9.97. The Kier molecular flexibility index (Phi) is 7.19. The zero-order chi connectivity index (χ0) is 15.8. The minimum absolute atomic E-state index is 0.00257. The second-order valence-electron chi connectivity index (χ2n) is 5.15. The van der Waals surface area contributed by atoms with Crippen molar-refractivity contribution < 1.29 is 19.7 Å². The smallest absolute Gasteiger partial charge is 0.304 e. The van der Waals surface area contributed by atoms with Crippen LogP contribution in [0.3, 0.4) is 0 Å². The Bertz CT molecular complexity index is 474. The van der Waals surface area contributed by atoms with Gasteiger partial charge in [0.25, 0.3) is 0 Å². The van der Waals surface area contributed by atoms with Crippen molar-refractivity contribution in [2.45, 2.75) is 39.7 Å². The Morgan fingerprint density at radius 3 is 2.62 bits per heavy atom. The molecule has 118 valence electrons. The molecule has 0 aliphatic carbocycles. The zero-order valence-corrected chi connectivity index (χ0v) is 13.0. The van der Waals surface area contributed by atoms with Gasteiger partial charge in [0, 0.05) is 12.6 Å². The fourth-order valence-electron chi connectivity index (χ4n) is 2.34. The fraction of sp³-hybridized carbons (Fsp3) is 0.562. The number of carboxylic acids is 1. The molecule has 1 atom stereocenters. The Morgan fingerprint density at radius 1 is 1.33 bits per heavy atom. The molecule has 1 unspecified atom stereocenters. The molecule has 0 radical (unpaired) electrons. The van der Waals surface area contributed by atoms with Gasteiger partial charge in [-0.2, -0.15) is 0 Å². The number of aliphatic hydroxyl groups excluding tert-OH is 1. The molecule has 1 aromatic rings. The summed E-state index contributed by atoms with van der Waals surface area (Å²) in [7, 11) is 0. The van der Waals surface area contributed by atoms with E-state index in [1.165, 1.54) is 0 Å². The lowest BCUT2D eigenvalue weighted by Crippen LogP contribution is -2.35. The summed E-state index contributed by atoms with van der Waals surface area (Å²) in [5.41, 5.74) is 3.24. The average Bonchev–Trinajstić information content (AvgIpc) is 2.41. The molecule has 0 amide bonds. The van der Waals surface area contributed by atoms with Crippen molar-refractivity contribution in [3.8, 4) is 5.75 Å². The molecule has 5 nitrogen and oxygen atoms in total. The summed E-state index contributed by atoms with van der Waals surface area (Å²) in [5, 5.41) is 20.9. The molecule has 5 heteroatoms. The van der Waals surface area contributed by atoms with Crippen molar-refractivity contribution in [1.29, 1.82) is 0 Å². The number of aliphatic hydroxyl groups is 1. The summed E-state index contributed by atoms with van der Waals surface area (Å²) in [6.07, 6.45) is 0.650. The molecule has 21 heavy (non-hydrogen) atoms. The lowest BCUT2D eigenvalue weighted by molar-refractivity contribution is -0.137. The van der Waals surface area contributed by atoms with Crippen molar-refractivity contribution in [2.24, 2.45) is 0 Å². The zero-order valence-electron chi connectivity index (χ0n) is 13.0. The van der Waals surface area contributed by atoms with E-state index in [4.69, 9.17) is 14.9 Å². The molecule has 0 aliphatic rings. The van der Waals surface area contributed by atoms with E-state index in [0.717, 1.165) is 22.4 Å². The molecule has 0 bridgehead atoms. The van der Waals surface area contributed by atoms with Crippen LogP contribution in [-0.2, 0) is 11.2 Å². The summed E-state index contributed by atoms with van der Waals surface area (Å²) >= 11 is 0. The first kappa shape index (κ1) is 17.5. The number of aryl methyl sites for hydroxylation is 2. The van der Waals surface area contributed by atoms with Crippen LogP contribution in [0.4, 0.5) is 0 Å². The van der Waals surface area contributed by atoms with Gasteiger partial charge < -0.3 is 20.3 Å². The van der Waals surface area contributed by atoms with E-state index in [-0.39, 0.29) is 19.1 Å². The van der Waals surface area contributed by atoms with Gasteiger partial charge in [0.15, 0.2) is 0 Å². The van der Waals surface area contributed by atoms with E-state index in [9.17, 15) is 4.79 Å². The van der Waals surface area contributed by atoms with Crippen LogP contribution in [0.25, 0.3) is 0 Å². The molecule has 1 aromatic carbocycles. The molecular weight excluding hydrogens is 270 g/mol. The van der Waals surface area contributed by atoms with Gasteiger partial charge in [0.1, 0.15) is 5.75 Å². The van der Waals surface area contributed by atoms with Crippen molar-refractivity contribution in [1.82, 2.24) is 5.32 Å². The second-order valence-corrected chi connectivity index (χ2v) is 5.15. The third-order valence-corrected chi connectivity index (χ3v) is 3.37. The normalized spacial score (nSPS) is 12.2. The first-order valence-electron chi connectivity index (χ1n) is 7.26. The quantitative estimate of drug-likeness (QED) is 0.646. The predicted octanol–water partition coefficient (Wildman–Crippen LogP) is 1.67. The van der Waals surface area contributed by atoms with Gasteiger partial charge in [-0.3, -0.25) is 4.79 Å². The SMILES string of the molecule is CCOc1cc(C)c(CC(CC(=O)O)NCCO)cc1C.